The molecule has 0 aliphatic heterocycles. The second-order valence-corrected chi connectivity index (χ2v) is 10.9. The number of halogens is 2. The Balaban J connectivity index is 1.53. The van der Waals surface area contributed by atoms with Crippen LogP contribution in [0.4, 0.5) is 11.4 Å². The molecule has 0 radical (unpaired) electrons. The van der Waals surface area contributed by atoms with Crippen molar-refractivity contribution in [1.82, 2.24) is 5.32 Å². The van der Waals surface area contributed by atoms with E-state index in [-0.39, 0.29) is 21.9 Å². The average Bonchev–Trinajstić information content (AvgIpc) is 2.98. The Morgan fingerprint density at radius 1 is 0.805 bits per heavy atom. The van der Waals surface area contributed by atoms with Crippen molar-refractivity contribution < 1.29 is 14.4 Å². The van der Waals surface area contributed by atoms with E-state index in [0.717, 1.165) is 10.6 Å². The second kappa shape index (κ2) is 14.6. The molecule has 0 aromatic heterocycles. The Labute approximate surface area is 253 Å². The summed E-state index contributed by atoms with van der Waals surface area (Å²) in [4.78, 5) is 40.0. The van der Waals surface area contributed by atoms with Gasteiger partial charge in [-0.15, -0.1) is 11.8 Å². The third-order valence-electron chi connectivity index (χ3n) is 5.88. The van der Waals surface area contributed by atoms with Crippen molar-refractivity contribution in [2.45, 2.75) is 23.5 Å². The number of rotatable bonds is 10. The van der Waals surface area contributed by atoms with Crippen molar-refractivity contribution in [3.8, 4) is 0 Å². The monoisotopic (exact) mass is 603 g/mol. The summed E-state index contributed by atoms with van der Waals surface area (Å²) >= 11 is 13.9. The lowest BCUT2D eigenvalue weighted by molar-refractivity contribution is -0.116. The molecule has 0 saturated heterocycles. The van der Waals surface area contributed by atoms with Crippen molar-refractivity contribution in [3.63, 3.8) is 0 Å². The summed E-state index contributed by atoms with van der Waals surface area (Å²) in [6.07, 6.45) is 2.09. The minimum absolute atomic E-state index is 0.0188. The lowest BCUT2D eigenvalue weighted by Crippen LogP contribution is -2.30. The minimum Gasteiger partial charge on any atom is -0.325 e. The number of anilines is 2. The fraction of sp³-hybridized carbons (Fsp3) is 0.0938. The van der Waals surface area contributed by atoms with Crippen LogP contribution in [0.5, 0.6) is 0 Å². The first-order chi connectivity index (χ1) is 19.8. The van der Waals surface area contributed by atoms with E-state index in [0.29, 0.717) is 28.3 Å². The third-order valence-corrected chi connectivity index (χ3v) is 8.08. The first-order valence-electron chi connectivity index (χ1n) is 12.8. The summed E-state index contributed by atoms with van der Waals surface area (Å²) < 4.78 is 0. The first kappa shape index (κ1) is 29.9. The predicted molar refractivity (Wildman–Crippen MR) is 168 cm³/mol. The average molecular weight is 605 g/mol. The number of carbonyl (C=O) groups is 3. The normalized spacial score (nSPS) is 11.8. The zero-order valence-electron chi connectivity index (χ0n) is 22.1. The largest absolute Gasteiger partial charge is 0.325 e. The third kappa shape index (κ3) is 8.47. The highest BCUT2D eigenvalue weighted by atomic mass is 35.5. The van der Waals surface area contributed by atoms with Gasteiger partial charge in [-0.05, 0) is 66.6 Å². The molecule has 6 nitrogen and oxygen atoms in total. The molecule has 4 aromatic rings. The van der Waals surface area contributed by atoms with Crippen molar-refractivity contribution in [2.24, 2.45) is 0 Å². The number of thioether (sulfide) groups is 1. The van der Waals surface area contributed by atoms with Gasteiger partial charge in [-0.25, -0.2) is 0 Å². The number of hydrogen-bond donors (Lipinski definition) is 3. The summed E-state index contributed by atoms with van der Waals surface area (Å²) in [6.45, 7) is 1.95. The van der Waals surface area contributed by atoms with Gasteiger partial charge in [-0.1, -0.05) is 84.7 Å². The standard InChI is InChI=1S/C32H27Cl2N3O3S/c1-2-28(32(40)35-23-14-7-4-8-15-23)41-25-17-10-16-24(20-25)36-31(39)27(19-22-13-9-18-26(33)29(22)34)37-30(38)21-11-5-3-6-12-21/h3-20,28H,2H2,1H3,(H,35,40)(H,36,39)(H,37,38)/b27-19+. The maximum Gasteiger partial charge on any atom is 0.272 e. The van der Waals surface area contributed by atoms with Crippen LogP contribution >= 0.6 is 35.0 Å². The zero-order valence-corrected chi connectivity index (χ0v) is 24.4. The Morgan fingerprint density at radius 2 is 1.46 bits per heavy atom. The molecule has 0 aliphatic carbocycles. The molecular weight excluding hydrogens is 577 g/mol. The molecule has 1 unspecified atom stereocenters. The molecular formula is C32H27Cl2N3O3S. The van der Waals surface area contributed by atoms with Crippen LogP contribution in [0.1, 0.15) is 29.3 Å². The molecule has 4 aromatic carbocycles. The SMILES string of the molecule is CCC(Sc1cccc(NC(=O)/C(=C\c2cccc(Cl)c2Cl)NC(=O)c2ccccc2)c1)C(=O)Nc1ccccc1. The summed E-state index contributed by atoms with van der Waals surface area (Å²) in [5, 5.41) is 8.71. The minimum atomic E-state index is -0.554. The molecule has 41 heavy (non-hydrogen) atoms. The highest BCUT2D eigenvalue weighted by Crippen LogP contribution is 2.30. The van der Waals surface area contributed by atoms with Crippen LogP contribution in [0, 0.1) is 0 Å². The molecule has 4 rings (SSSR count). The van der Waals surface area contributed by atoms with Crippen LogP contribution in [0.2, 0.25) is 10.0 Å². The lowest BCUT2D eigenvalue weighted by atomic mass is 10.1. The van der Waals surface area contributed by atoms with E-state index in [4.69, 9.17) is 23.2 Å². The number of para-hydroxylation sites is 1. The number of benzene rings is 4. The highest BCUT2D eigenvalue weighted by Gasteiger charge is 2.20. The Bertz CT molecular complexity index is 1560. The zero-order chi connectivity index (χ0) is 29.2. The number of nitrogens with one attached hydrogen (secondary N) is 3. The van der Waals surface area contributed by atoms with E-state index < -0.39 is 11.8 Å². The summed E-state index contributed by atoms with van der Waals surface area (Å²) in [5.41, 5.74) is 2.07. The van der Waals surface area contributed by atoms with Crippen LogP contribution in [0.3, 0.4) is 0 Å². The molecule has 0 fully saturated rings. The van der Waals surface area contributed by atoms with Crippen molar-refractivity contribution in [2.75, 3.05) is 10.6 Å². The van der Waals surface area contributed by atoms with Gasteiger partial charge in [-0.2, -0.15) is 0 Å². The Kier molecular flexibility index (Phi) is 10.6. The molecule has 0 heterocycles. The van der Waals surface area contributed by atoms with Gasteiger partial charge >= 0.3 is 0 Å². The fourth-order valence-electron chi connectivity index (χ4n) is 3.81. The molecule has 208 valence electrons. The van der Waals surface area contributed by atoms with E-state index >= 15 is 0 Å². The van der Waals surface area contributed by atoms with Gasteiger partial charge in [0.25, 0.3) is 11.8 Å². The summed E-state index contributed by atoms with van der Waals surface area (Å²) in [7, 11) is 0. The Morgan fingerprint density at radius 3 is 2.17 bits per heavy atom. The van der Waals surface area contributed by atoms with Crippen LogP contribution in [0.25, 0.3) is 6.08 Å². The molecule has 3 N–H and O–H groups in total. The molecule has 1 atom stereocenters. The van der Waals surface area contributed by atoms with Gasteiger partial charge in [0, 0.05) is 21.8 Å². The van der Waals surface area contributed by atoms with Crippen molar-refractivity contribution in [1.29, 1.82) is 0 Å². The van der Waals surface area contributed by atoms with Crippen LogP contribution < -0.4 is 16.0 Å². The number of hydrogen-bond acceptors (Lipinski definition) is 4. The van der Waals surface area contributed by atoms with Crippen LogP contribution in [0.15, 0.2) is 114 Å². The van der Waals surface area contributed by atoms with E-state index in [1.807, 2.05) is 43.3 Å². The fourth-order valence-corrected chi connectivity index (χ4v) is 5.18. The molecule has 9 heteroatoms. The van der Waals surface area contributed by atoms with Crippen LogP contribution in [-0.4, -0.2) is 23.0 Å². The molecule has 3 amide bonds. The maximum atomic E-state index is 13.4. The van der Waals surface area contributed by atoms with E-state index in [1.54, 1.807) is 66.7 Å². The smallest absolute Gasteiger partial charge is 0.272 e. The highest BCUT2D eigenvalue weighted by molar-refractivity contribution is 8.00. The van der Waals surface area contributed by atoms with E-state index in [9.17, 15) is 14.4 Å². The van der Waals surface area contributed by atoms with Gasteiger partial charge in [-0.3, -0.25) is 14.4 Å². The predicted octanol–water partition coefficient (Wildman–Crippen LogP) is 7.91. The van der Waals surface area contributed by atoms with E-state index in [1.165, 1.54) is 17.8 Å². The van der Waals surface area contributed by atoms with Gasteiger partial charge in [0.05, 0.1) is 15.3 Å². The van der Waals surface area contributed by atoms with Crippen molar-refractivity contribution >= 4 is 70.1 Å². The maximum absolute atomic E-state index is 13.4. The molecule has 0 aliphatic rings. The quantitative estimate of drug-likeness (QED) is 0.127. The lowest BCUT2D eigenvalue weighted by Gasteiger charge is -2.16. The first-order valence-corrected chi connectivity index (χ1v) is 14.4. The molecule has 0 bridgehead atoms. The van der Waals surface area contributed by atoms with Gasteiger partial charge < -0.3 is 16.0 Å². The molecule has 0 spiro atoms. The van der Waals surface area contributed by atoms with E-state index in [2.05, 4.69) is 16.0 Å². The summed E-state index contributed by atoms with van der Waals surface area (Å²) in [5.74, 6) is -1.11. The topological polar surface area (TPSA) is 87.3 Å². The number of carbonyl (C=O) groups excluding carboxylic acids is 3. The second-order valence-electron chi connectivity index (χ2n) is 8.87. The van der Waals surface area contributed by atoms with Gasteiger partial charge in [0.1, 0.15) is 5.70 Å². The van der Waals surface area contributed by atoms with Gasteiger partial charge in [0.15, 0.2) is 0 Å². The Hall–Kier alpha value is -4.04. The number of amides is 3. The molecule has 0 saturated carbocycles. The van der Waals surface area contributed by atoms with Gasteiger partial charge in [0.2, 0.25) is 5.91 Å². The summed E-state index contributed by atoms with van der Waals surface area (Å²) in [6, 6.07) is 30.1. The van der Waals surface area contributed by atoms with Crippen LogP contribution in [-0.2, 0) is 9.59 Å². The van der Waals surface area contributed by atoms with Crippen molar-refractivity contribution in [3.05, 3.63) is 130 Å².